The molecule has 0 unspecified atom stereocenters. The van der Waals surface area contributed by atoms with Crippen molar-refractivity contribution < 1.29 is 28.3 Å². The summed E-state index contributed by atoms with van der Waals surface area (Å²) in [4.78, 5) is 48.2. The number of nitrogens with one attached hydrogen (secondary N) is 1. The minimum atomic E-state index is -1.45. The smallest absolute Gasteiger partial charge is 0.313 e. The first-order valence-electron chi connectivity index (χ1n) is 14.0. The van der Waals surface area contributed by atoms with Gasteiger partial charge in [-0.2, -0.15) is 0 Å². The summed E-state index contributed by atoms with van der Waals surface area (Å²) in [6.07, 6.45) is 2.75. The second kappa shape index (κ2) is 12.1. The van der Waals surface area contributed by atoms with Gasteiger partial charge in [-0.3, -0.25) is 14.4 Å². The Bertz CT molecular complexity index is 1960. The van der Waals surface area contributed by atoms with Crippen molar-refractivity contribution in [3.8, 4) is 28.3 Å². The zero-order chi connectivity index (χ0) is 31.8. The summed E-state index contributed by atoms with van der Waals surface area (Å²) in [5, 5.41) is 12.9. The summed E-state index contributed by atoms with van der Waals surface area (Å²) in [5.41, 5.74) is 2.76. The first-order chi connectivity index (χ1) is 21.6. The van der Waals surface area contributed by atoms with Gasteiger partial charge in [0.2, 0.25) is 11.8 Å². The summed E-state index contributed by atoms with van der Waals surface area (Å²) < 4.78 is 31.8. The highest BCUT2D eigenvalue weighted by molar-refractivity contribution is 6.33. The fourth-order valence-corrected chi connectivity index (χ4v) is 5.87. The lowest BCUT2D eigenvalue weighted by molar-refractivity contribution is -0.137. The molecule has 6 rings (SSSR count). The van der Waals surface area contributed by atoms with Crippen LogP contribution < -0.4 is 5.32 Å². The van der Waals surface area contributed by atoms with Crippen molar-refractivity contribution in [2.45, 2.75) is 32.1 Å². The Labute approximate surface area is 261 Å². The topological polar surface area (TPSA) is 117 Å². The van der Waals surface area contributed by atoms with E-state index in [1.165, 1.54) is 31.5 Å². The van der Waals surface area contributed by atoms with Crippen molar-refractivity contribution in [1.29, 1.82) is 0 Å². The van der Waals surface area contributed by atoms with Crippen molar-refractivity contribution in [3.63, 3.8) is 0 Å². The van der Waals surface area contributed by atoms with E-state index in [1.54, 1.807) is 59.3 Å². The predicted octanol–water partition coefficient (Wildman–Crippen LogP) is 6.04. The standard InChI is InChI=1S/C33H26ClF2N5O4/c1-18(42)25-16-40(28-10-9-19(11-24(25)28)20-13-37-33(45)38-14-20)17-30(43)41-15-21(35)12-29(41)32(44)39-27-8-4-6-23(31(27)36)22-5-2-3-7-26(22)34/h2-11,13-14,16,21,29H,12,15,17H2,1H3,(H,39,44)(H,37,38,45)/t21-,29+/m1/s1. The SMILES string of the molecule is CC(=O)c1cn(CC(=O)N2C[C@H](F)C[C@H]2C(=O)Nc2cccc(-c3ccccc3Cl)c2F)c2ccc(-c3cnc(O)nc3)cc12. The number of Topliss-reactive ketones (excluding diaryl/α,β-unsaturated/α-hetero) is 1. The zero-order valence-corrected chi connectivity index (χ0v) is 24.6. The van der Waals surface area contributed by atoms with E-state index in [4.69, 9.17) is 11.6 Å². The lowest BCUT2D eigenvalue weighted by Crippen LogP contribution is -2.44. The average molecular weight is 630 g/mol. The number of rotatable bonds is 7. The highest BCUT2D eigenvalue weighted by Crippen LogP contribution is 2.34. The highest BCUT2D eigenvalue weighted by atomic mass is 35.5. The summed E-state index contributed by atoms with van der Waals surface area (Å²) in [5.74, 6) is -2.20. The summed E-state index contributed by atoms with van der Waals surface area (Å²) >= 11 is 6.25. The number of nitrogens with zero attached hydrogens (tertiary/aromatic N) is 4. The molecule has 2 atom stereocenters. The van der Waals surface area contributed by atoms with Gasteiger partial charge in [0.15, 0.2) is 11.6 Å². The fraction of sp³-hybridized carbons (Fsp3) is 0.182. The predicted molar refractivity (Wildman–Crippen MR) is 165 cm³/mol. The van der Waals surface area contributed by atoms with Gasteiger partial charge in [0.1, 0.15) is 18.8 Å². The van der Waals surface area contributed by atoms with Gasteiger partial charge in [-0.15, -0.1) is 0 Å². The second-order valence-electron chi connectivity index (χ2n) is 10.8. The molecule has 9 nitrogen and oxygen atoms in total. The van der Waals surface area contributed by atoms with Gasteiger partial charge in [0, 0.05) is 63.2 Å². The quantitative estimate of drug-likeness (QED) is 0.212. The molecule has 0 aliphatic carbocycles. The van der Waals surface area contributed by atoms with Crippen LogP contribution in [-0.2, 0) is 16.1 Å². The number of benzene rings is 3. The van der Waals surface area contributed by atoms with Crippen molar-refractivity contribution in [2.75, 3.05) is 11.9 Å². The summed E-state index contributed by atoms with van der Waals surface area (Å²) in [7, 11) is 0. The number of aromatic hydroxyl groups is 1. The number of likely N-dealkylation sites (tertiary alicyclic amines) is 1. The van der Waals surface area contributed by atoms with Gasteiger partial charge < -0.3 is 19.9 Å². The Hall–Kier alpha value is -5.16. The molecule has 2 aromatic heterocycles. The molecular formula is C33H26ClF2N5O4. The minimum absolute atomic E-state index is 0.121. The molecule has 5 aromatic rings. The number of hydrogen-bond donors (Lipinski definition) is 2. The van der Waals surface area contributed by atoms with E-state index < -0.39 is 29.8 Å². The Balaban J connectivity index is 1.25. The van der Waals surface area contributed by atoms with Crippen molar-refractivity contribution in [3.05, 3.63) is 95.7 Å². The molecule has 0 spiro atoms. The molecule has 0 radical (unpaired) electrons. The Morgan fingerprint density at radius 3 is 2.49 bits per heavy atom. The van der Waals surface area contributed by atoms with Gasteiger partial charge >= 0.3 is 6.01 Å². The van der Waals surface area contributed by atoms with Crippen molar-refractivity contribution >= 4 is 45.8 Å². The lowest BCUT2D eigenvalue weighted by atomic mass is 10.0. The van der Waals surface area contributed by atoms with E-state index in [-0.39, 0.29) is 42.6 Å². The maximum absolute atomic E-state index is 15.5. The number of amides is 2. The molecule has 1 saturated heterocycles. The Kier molecular flexibility index (Phi) is 8.03. The van der Waals surface area contributed by atoms with Crippen LogP contribution in [0.1, 0.15) is 23.7 Å². The molecule has 228 valence electrons. The second-order valence-corrected chi connectivity index (χ2v) is 11.2. The Morgan fingerprint density at radius 1 is 1.02 bits per heavy atom. The Morgan fingerprint density at radius 2 is 1.76 bits per heavy atom. The van der Waals surface area contributed by atoms with Crippen LogP contribution in [0.3, 0.4) is 0 Å². The molecule has 1 aliphatic rings. The zero-order valence-electron chi connectivity index (χ0n) is 23.9. The number of anilines is 1. The van der Waals surface area contributed by atoms with Crippen LogP contribution in [0, 0.1) is 5.82 Å². The highest BCUT2D eigenvalue weighted by Gasteiger charge is 2.40. The third-order valence-corrected chi connectivity index (χ3v) is 8.16. The van der Waals surface area contributed by atoms with Crippen LogP contribution in [0.25, 0.3) is 33.2 Å². The van der Waals surface area contributed by atoms with Gasteiger partial charge in [-0.1, -0.05) is 48.0 Å². The number of halogens is 3. The van der Waals surface area contributed by atoms with Crippen LogP contribution in [0.2, 0.25) is 5.02 Å². The normalized spacial score (nSPS) is 16.2. The first-order valence-corrected chi connectivity index (χ1v) is 14.4. The molecule has 3 aromatic carbocycles. The molecule has 2 N–H and O–H groups in total. The largest absolute Gasteiger partial charge is 0.479 e. The van der Waals surface area contributed by atoms with Crippen molar-refractivity contribution in [1.82, 2.24) is 19.4 Å². The number of hydrogen-bond acceptors (Lipinski definition) is 6. The van der Waals surface area contributed by atoms with E-state index in [2.05, 4.69) is 15.3 Å². The minimum Gasteiger partial charge on any atom is -0.479 e. The molecule has 3 heterocycles. The van der Waals surface area contributed by atoms with E-state index in [9.17, 15) is 23.9 Å². The van der Waals surface area contributed by atoms with Gasteiger partial charge in [0.25, 0.3) is 0 Å². The number of fused-ring (bicyclic) bond motifs is 1. The molecule has 0 bridgehead atoms. The van der Waals surface area contributed by atoms with Crippen molar-refractivity contribution in [2.24, 2.45) is 0 Å². The lowest BCUT2D eigenvalue weighted by Gasteiger charge is -2.24. The molecule has 1 fully saturated rings. The summed E-state index contributed by atoms with van der Waals surface area (Å²) in [6, 6.07) is 14.9. The van der Waals surface area contributed by atoms with Gasteiger partial charge in [-0.25, -0.2) is 18.7 Å². The molecule has 12 heteroatoms. The molecule has 2 amide bonds. The number of carbonyl (C=O) groups is 3. The van der Waals surface area contributed by atoms with Crippen LogP contribution >= 0.6 is 11.6 Å². The van der Waals surface area contributed by atoms with Crippen LogP contribution in [-0.4, -0.2) is 60.9 Å². The van der Waals surface area contributed by atoms with Gasteiger partial charge in [-0.05, 0) is 36.8 Å². The van der Waals surface area contributed by atoms with E-state index in [0.717, 1.165) is 4.90 Å². The third-order valence-electron chi connectivity index (χ3n) is 7.83. The molecule has 45 heavy (non-hydrogen) atoms. The van der Waals surface area contributed by atoms with E-state index >= 15 is 4.39 Å². The molecular weight excluding hydrogens is 604 g/mol. The monoisotopic (exact) mass is 629 g/mol. The van der Waals surface area contributed by atoms with Crippen LogP contribution in [0.15, 0.2) is 79.3 Å². The summed E-state index contributed by atoms with van der Waals surface area (Å²) in [6.45, 7) is 0.840. The van der Waals surface area contributed by atoms with Crippen LogP contribution in [0.4, 0.5) is 14.5 Å². The number of ketones is 1. The maximum Gasteiger partial charge on any atom is 0.313 e. The average Bonchev–Trinajstić information content (AvgIpc) is 3.59. The maximum atomic E-state index is 15.5. The number of alkyl halides is 1. The van der Waals surface area contributed by atoms with E-state index in [0.29, 0.717) is 38.2 Å². The van der Waals surface area contributed by atoms with Crippen LogP contribution in [0.5, 0.6) is 6.01 Å². The first kappa shape index (κ1) is 29.9. The van der Waals surface area contributed by atoms with Gasteiger partial charge in [0.05, 0.1) is 12.2 Å². The fourth-order valence-electron chi connectivity index (χ4n) is 5.64. The molecule has 0 saturated carbocycles. The third kappa shape index (κ3) is 5.86. The van der Waals surface area contributed by atoms with E-state index in [1.807, 2.05) is 0 Å². The molecule has 1 aliphatic heterocycles. The number of carbonyl (C=O) groups excluding carboxylic acids is 3. The number of aromatic nitrogens is 3.